The van der Waals surface area contributed by atoms with Crippen molar-refractivity contribution in [3.8, 4) is 5.69 Å². The van der Waals surface area contributed by atoms with E-state index in [9.17, 15) is 9.59 Å². The fourth-order valence-corrected chi connectivity index (χ4v) is 2.28. The minimum atomic E-state index is -1.21. The van der Waals surface area contributed by atoms with E-state index in [0.29, 0.717) is 0 Å². The first-order chi connectivity index (χ1) is 11.5. The molecule has 2 N–H and O–H groups in total. The Hall–Kier alpha value is -3.35. The van der Waals surface area contributed by atoms with Gasteiger partial charge >= 0.3 is 5.97 Å². The Morgan fingerprint density at radius 1 is 1.21 bits per heavy atom. The van der Waals surface area contributed by atoms with Crippen molar-refractivity contribution in [3.63, 3.8) is 0 Å². The molecule has 0 saturated carbocycles. The summed E-state index contributed by atoms with van der Waals surface area (Å²) >= 11 is 0. The number of amides is 1. The summed E-state index contributed by atoms with van der Waals surface area (Å²) in [5.74, 6) is -2.00. The molecular formula is C17H15N3O4. The maximum Gasteiger partial charge on any atom is 0.371 e. The first-order valence-corrected chi connectivity index (χ1v) is 7.28. The number of carboxylic acid groups (broad SMARTS) is 1. The quantitative estimate of drug-likeness (QED) is 0.751. The fourth-order valence-electron chi connectivity index (χ4n) is 2.28. The topological polar surface area (TPSA) is 97.4 Å². The number of furan rings is 1. The van der Waals surface area contributed by atoms with Crippen molar-refractivity contribution in [1.82, 2.24) is 15.1 Å². The standard InChI is InChI=1S/C17H15N3O4/c1-11(19-16(21)14-6-7-15(24-14)17(22)23)12-4-2-5-13(10-12)20-9-3-8-18-20/h2-11H,1H3,(H,19,21)(H,22,23)/t11-/m1/s1. The van der Waals surface area contributed by atoms with Crippen molar-refractivity contribution in [3.05, 3.63) is 71.9 Å². The zero-order valence-corrected chi connectivity index (χ0v) is 12.8. The monoisotopic (exact) mass is 325 g/mol. The zero-order chi connectivity index (χ0) is 17.1. The van der Waals surface area contributed by atoms with Gasteiger partial charge in [-0.15, -0.1) is 0 Å². The summed E-state index contributed by atoms with van der Waals surface area (Å²) < 4.78 is 6.73. The molecule has 7 nitrogen and oxygen atoms in total. The van der Waals surface area contributed by atoms with E-state index in [-0.39, 0.29) is 17.6 Å². The third-order valence-corrected chi connectivity index (χ3v) is 3.53. The summed E-state index contributed by atoms with van der Waals surface area (Å²) in [7, 11) is 0. The largest absolute Gasteiger partial charge is 0.475 e. The van der Waals surface area contributed by atoms with Crippen LogP contribution in [0.4, 0.5) is 0 Å². The van der Waals surface area contributed by atoms with Crippen LogP contribution in [0.2, 0.25) is 0 Å². The molecule has 0 saturated heterocycles. The van der Waals surface area contributed by atoms with Gasteiger partial charge in [0.15, 0.2) is 5.76 Å². The Labute approximate surface area is 137 Å². The number of hydrogen-bond donors (Lipinski definition) is 2. The number of rotatable bonds is 5. The highest BCUT2D eigenvalue weighted by Gasteiger charge is 2.17. The number of carbonyl (C=O) groups excluding carboxylic acids is 1. The van der Waals surface area contributed by atoms with Crippen molar-refractivity contribution in [2.75, 3.05) is 0 Å². The van der Waals surface area contributed by atoms with Crippen LogP contribution in [-0.2, 0) is 0 Å². The van der Waals surface area contributed by atoms with Gasteiger partial charge in [-0.2, -0.15) is 5.10 Å². The Morgan fingerprint density at radius 3 is 2.67 bits per heavy atom. The molecule has 0 unspecified atom stereocenters. The molecular weight excluding hydrogens is 310 g/mol. The van der Waals surface area contributed by atoms with E-state index in [1.807, 2.05) is 43.5 Å². The summed E-state index contributed by atoms with van der Waals surface area (Å²) in [5, 5.41) is 15.8. The average Bonchev–Trinajstić information content (AvgIpc) is 3.26. The number of nitrogens with zero attached hydrogens (tertiary/aromatic N) is 2. The smallest absolute Gasteiger partial charge is 0.371 e. The lowest BCUT2D eigenvalue weighted by atomic mass is 10.1. The SMILES string of the molecule is C[C@@H](NC(=O)c1ccc(C(=O)O)o1)c1cccc(-n2cccn2)c1. The average molecular weight is 325 g/mol. The summed E-state index contributed by atoms with van der Waals surface area (Å²) in [6, 6.07) is 11.7. The van der Waals surface area contributed by atoms with Crippen molar-refractivity contribution >= 4 is 11.9 Å². The van der Waals surface area contributed by atoms with Crippen molar-refractivity contribution in [2.45, 2.75) is 13.0 Å². The van der Waals surface area contributed by atoms with Crippen LogP contribution in [0.25, 0.3) is 5.69 Å². The Kier molecular flexibility index (Phi) is 4.15. The van der Waals surface area contributed by atoms with Crippen LogP contribution in [0, 0.1) is 0 Å². The van der Waals surface area contributed by atoms with Crippen molar-refractivity contribution in [1.29, 1.82) is 0 Å². The highest BCUT2D eigenvalue weighted by Crippen LogP contribution is 2.17. The molecule has 1 aromatic carbocycles. The number of aromatic carboxylic acids is 1. The molecule has 1 atom stereocenters. The van der Waals surface area contributed by atoms with Gasteiger partial charge in [-0.1, -0.05) is 12.1 Å². The molecule has 2 heterocycles. The van der Waals surface area contributed by atoms with Gasteiger partial charge in [-0.25, -0.2) is 9.48 Å². The molecule has 122 valence electrons. The minimum Gasteiger partial charge on any atom is -0.475 e. The van der Waals surface area contributed by atoms with E-state index < -0.39 is 11.9 Å². The van der Waals surface area contributed by atoms with Gasteiger partial charge in [-0.3, -0.25) is 4.79 Å². The third-order valence-electron chi connectivity index (χ3n) is 3.53. The van der Waals surface area contributed by atoms with Gasteiger partial charge in [0.25, 0.3) is 5.91 Å². The second kappa shape index (κ2) is 6.41. The lowest BCUT2D eigenvalue weighted by Gasteiger charge is -2.14. The second-order valence-corrected chi connectivity index (χ2v) is 5.21. The summed E-state index contributed by atoms with van der Waals surface area (Å²) in [6.45, 7) is 1.83. The molecule has 24 heavy (non-hydrogen) atoms. The Morgan fingerprint density at radius 2 is 2.00 bits per heavy atom. The molecule has 0 radical (unpaired) electrons. The van der Waals surface area contributed by atoms with Crippen LogP contribution in [0.5, 0.6) is 0 Å². The predicted octanol–water partition coefficient (Wildman–Crippen LogP) is 2.65. The van der Waals surface area contributed by atoms with Gasteiger partial charge < -0.3 is 14.8 Å². The van der Waals surface area contributed by atoms with Crippen LogP contribution >= 0.6 is 0 Å². The number of nitrogens with one attached hydrogen (secondary N) is 1. The number of benzene rings is 1. The molecule has 0 aliphatic heterocycles. The first-order valence-electron chi connectivity index (χ1n) is 7.28. The number of hydrogen-bond acceptors (Lipinski definition) is 4. The lowest BCUT2D eigenvalue weighted by Crippen LogP contribution is -2.26. The first kappa shape index (κ1) is 15.5. The van der Waals surface area contributed by atoms with Crippen LogP contribution in [0.3, 0.4) is 0 Å². The highest BCUT2D eigenvalue weighted by atomic mass is 16.4. The second-order valence-electron chi connectivity index (χ2n) is 5.21. The van der Waals surface area contributed by atoms with Crippen molar-refractivity contribution < 1.29 is 19.1 Å². The lowest BCUT2D eigenvalue weighted by molar-refractivity contribution is 0.0659. The van der Waals surface area contributed by atoms with E-state index in [0.717, 1.165) is 11.3 Å². The maximum absolute atomic E-state index is 12.2. The molecule has 1 amide bonds. The molecule has 0 fully saturated rings. The van der Waals surface area contributed by atoms with E-state index in [4.69, 9.17) is 9.52 Å². The number of carboxylic acids is 1. The molecule has 0 bridgehead atoms. The minimum absolute atomic E-state index is 0.0394. The zero-order valence-electron chi connectivity index (χ0n) is 12.8. The van der Waals surface area contributed by atoms with E-state index in [1.54, 1.807) is 10.9 Å². The molecule has 3 aromatic rings. The van der Waals surface area contributed by atoms with Gasteiger partial charge in [0, 0.05) is 12.4 Å². The molecule has 3 rings (SSSR count). The van der Waals surface area contributed by atoms with E-state index >= 15 is 0 Å². The van der Waals surface area contributed by atoms with Crippen LogP contribution in [0.1, 0.15) is 39.6 Å². The van der Waals surface area contributed by atoms with Gasteiger partial charge in [-0.05, 0) is 42.8 Å². The Balaban J connectivity index is 1.74. The van der Waals surface area contributed by atoms with Gasteiger partial charge in [0.2, 0.25) is 5.76 Å². The number of carbonyl (C=O) groups is 2. The number of aromatic nitrogens is 2. The van der Waals surface area contributed by atoms with E-state index in [2.05, 4.69) is 10.4 Å². The maximum atomic E-state index is 12.2. The molecule has 2 aromatic heterocycles. The third kappa shape index (κ3) is 3.19. The van der Waals surface area contributed by atoms with Crippen LogP contribution in [0.15, 0.2) is 59.3 Å². The van der Waals surface area contributed by atoms with Crippen LogP contribution in [-0.4, -0.2) is 26.8 Å². The fraction of sp³-hybridized carbons (Fsp3) is 0.118. The van der Waals surface area contributed by atoms with E-state index in [1.165, 1.54) is 12.1 Å². The summed E-state index contributed by atoms with van der Waals surface area (Å²) in [5.41, 5.74) is 1.77. The highest BCUT2D eigenvalue weighted by molar-refractivity contribution is 5.93. The predicted molar refractivity (Wildman–Crippen MR) is 85.1 cm³/mol. The summed E-state index contributed by atoms with van der Waals surface area (Å²) in [4.78, 5) is 23.0. The molecule has 0 aliphatic carbocycles. The van der Waals surface area contributed by atoms with Crippen LogP contribution < -0.4 is 5.32 Å². The molecule has 7 heteroatoms. The van der Waals surface area contributed by atoms with Gasteiger partial charge in [0.05, 0.1) is 11.7 Å². The Bertz CT molecular complexity index is 868. The van der Waals surface area contributed by atoms with Crippen molar-refractivity contribution in [2.24, 2.45) is 0 Å². The normalized spacial score (nSPS) is 11.9. The molecule has 0 spiro atoms. The van der Waals surface area contributed by atoms with Gasteiger partial charge in [0.1, 0.15) is 0 Å². The molecule has 0 aliphatic rings. The summed E-state index contributed by atoms with van der Waals surface area (Å²) in [6.07, 6.45) is 3.52.